The van der Waals surface area contributed by atoms with Crippen LogP contribution in [-0.4, -0.2) is 25.4 Å². The maximum Gasteiger partial charge on any atom is 0.255 e. The van der Waals surface area contributed by atoms with Gasteiger partial charge < -0.3 is 10.1 Å². The van der Waals surface area contributed by atoms with Gasteiger partial charge in [-0.05, 0) is 50.2 Å². The molecule has 0 unspecified atom stereocenters. The van der Waals surface area contributed by atoms with Crippen LogP contribution in [0.1, 0.15) is 21.7 Å². The minimum absolute atomic E-state index is 0.157. The monoisotopic (exact) mass is 385 g/mol. The van der Waals surface area contributed by atoms with E-state index < -0.39 is 0 Å². The minimum Gasteiger partial charge on any atom is -0.439 e. The number of hydrogen-bond donors (Lipinski definition) is 1. The zero-order valence-corrected chi connectivity index (χ0v) is 16.0. The summed E-state index contributed by atoms with van der Waals surface area (Å²) in [4.78, 5) is 25.1. The molecule has 0 atom stereocenters. The molecule has 7 heteroatoms. The van der Waals surface area contributed by atoms with E-state index in [1.807, 2.05) is 19.1 Å². The van der Waals surface area contributed by atoms with Gasteiger partial charge in [-0.15, -0.1) is 0 Å². The zero-order valence-electron chi connectivity index (χ0n) is 16.0. The molecule has 0 aliphatic rings. The van der Waals surface area contributed by atoms with Crippen molar-refractivity contribution in [3.63, 3.8) is 0 Å². The summed E-state index contributed by atoms with van der Waals surface area (Å²) in [5.41, 5.74) is 2.40. The lowest BCUT2D eigenvalue weighted by Crippen LogP contribution is -2.11. The molecule has 0 spiro atoms. The molecule has 144 valence electrons. The van der Waals surface area contributed by atoms with Crippen LogP contribution in [0.15, 0.2) is 73.3 Å². The number of carbonyl (C=O) groups is 1. The van der Waals surface area contributed by atoms with Crippen LogP contribution >= 0.6 is 0 Å². The van der Waals surface area contributed by atoms with Crippen LogP contribution in [0.2, 0.25) is 0 Å². The number of carbonyl (C=O) groups excluding carboxylic acids is 1. The molecule has 7 nitrogen and oxygen atoms in total. The van der Waals surface area contributed by atoms with Gasteiger partial charge in [0, 0.05) is 29.7 Å². The van der Waals surface area contributed by atoms with Crippen molar-refractivity contribution in [1.82, 2.24) is 19.5 Å². The first-order valence-corrected chi connectivity index (χ1v) is 9.07. The van der Waals surface area contributed by atoms with Crippen molar-refractivity contribution < 1.29 is 9.53 Å². The second kappa shape index (κ2) is 7.93. The van der Waals surface area contributed by atoms with Crippen LogP contribution in [0.25, 0.3) is 5.82 Å². The standard InChI is InChI=1S/C22H19N5O2/c1-15-3-5-17(6-4-15)22(28)26-18-7-9-19(10-8-18)29-21-13-20(24-16(2)25-21)27-12-11-23-14-27/h3-14H,1-2H3,(H,26,28). The fraction of sp³-hybridized carbons (Fsp3) is 0.0909. The van der Waals surface area contributed by atoms with E-state index in [1.165, 1.54) is 0 Å². The number of hydrogen-bond acceptors (Lipinski definition) is 5. The summed E-state index contributed by atoms with van der Waals surface area (Å²) in [5, 5.41) is 2.88. The highest BCUT2D eigenvalue weighted by molar-refractivity contribution is 6.04. The maximum absolute atomic E-state index is 12.3. The van der Waals surface area contributed by atoms with E-state index >= 15 is 0 Å². The minimum atomic E-state index is -0.157. The Morgan fingerprint density at radius 2 is 1.76 bits per heavy atom. The van der Waals surface area contributed by atoms with E-state index in [4.69, 9.17) is 4.74 Å². The van der Waals surface area contributed by atoms with Crippen molar-refractivity contribution >= 4 is 11.6 Å². The summed E-state index contributed by atoms with van der Waals surface area (Å²) in [6, 6.07) is 16.3. The Kier molecular flexibility index (Phi) is 5.03. The molecule has 1 N–H and O–H groups in total. The van der Waals surface area contributed by atoms with Crippen LogP contribution in [0.5, 0.6) is 11.6 Å². The summed E-state index contributed by atoms with van der Waals surface area (Å²) in [6.45, 7) is 3.79. The van der Waals surface area contributed by atoms with Crippen LogP contribution in [0.4, 0.5) is 5.69 Å². The number of aryl methyl sites for hydroxylation is 2. The van der Waals surface area contributed by atoms with E-state index in [2.05, 4.69) is 20.3 Å². The first-order chi connectivity index (χ1) is 14.1. The van der Waals surface area contributed by atoms with Gasteiger partial charge in [0.25, 0.3) is 5.91 Å². The maximum atomic E-state index is 12.3. The van der Waals surface area contributed by atoms with Gasteiger partial charge in [0.15, 0.2) is 0 Å². The summed E-state index contributed by atoms with van der Waals surface area (Å²) >= 11 is 0. The number of anilines is 1. The molecular formula is C22H19N5O2. The number of nitrogens with one attached hydrogen (secondary N) is 1. The Morgan fingerprint density at radius 3 is 2.45 bits per heavy atom. The zero-order chi connectivity index (χ0) is 20.2. The fourth-order valence-electron chi connectivity index (χ4n) is 2.74. The summed E-state index contributed by atoms with van der Waals surface area (Å²) < 4.78 is 7.64. The third-order valence-electron chi connectivity index (χ3n) is 4.22. The Morgan fingerprint density at radius 1 is 1.00 bits per heavy atom. The van der Waals surface area contributed by atoms with E-state index in [-0.39, 0.29) is 5.91 Å². The smallest absolute Gasteiger partial charge is 0.255 e. The van der Waals surface area contributed by atoms with E-state index in [0.717, 1.165) is 5.56 Å². The number of rotatable bonds is 5. The van der Waals surface area contributed by atoms with Gasteiger partial charge >= 0.3 is 0 Å². The molecule has 2 aromatic carbocycles. The van der Waals surface area contributed by atoms with Crippen molar-refractivity contribution in [3.05, 3.63) is 90.3 Å². The van der Waals surface area contributed by atoms with Crippen LogP contribution < -0.4 is 10.1 Å². The Balaban J connectivity index is 1.46. The first kappa shape index (κ1) is 18.4. The fourth-order valence-corrected chi connectivity index (χ4v) is 2.74. The Labute approximate surface area is 168 Å². The predicted molar refractivity (Wildman–Crippen MR) is 110 cm³/mol. The average Bonchev–Trinajstić information content (AvgIpc) is 3.24. The van der Waals surface area contributed by atoms with Gasteiger partial charge in [-0.1, -0.05) is 17.7 Å². The topological polar surface area (TPSA) is 81.9 Å². The molecule has 0 fully saturated rings. The van der Waals surface area contributed by atoms with Crippen molar-refractivity contribution in [2.75, 3.05) is 5.32 Å². The highest BCUT2D eigenvalue weighted by atomic mass is 16.5. The molecule has 0 saturated heterocycles. The number of imidazole rings is 1. The average molecular weight is 385 g/mol. The molecule has 0 saturated carbocycles. The third-order valence-corrected chi connectivity index (χ3v) is 4.22. The number of benzene rings is 2. The molecule has 29 heavy (non-hydrogen) atoms. The van der Waals surface area contributed by atoms with Crippen molar-refractivity contribution in [2.45, 2.75) is 13.8 Å². The summed E-state index contributed by atoms with van der Waals surface area (Å²) in [5.74, 6) is 2.14. The van der Waals surface area contributed by atoms with Crippen molar-refractivity contribution in [3.8, 4) is 17.4 Å². The lowest BCUT2D eigenvalue weighted by Gasteiger charge is -2.09. The highest BCUT2D eigenvalue weighted by Crippen LogP contribution is 2.23. The van der Waals surface area contributed by atoms with E-state index in [9.17, 15) is 4.79 Å². The quantitative estimate of drug-likeness (QED) is 0.553. The van der Waals surface area contributed by atoms with Gasteiger partial charge in [-0.3, -0.25) is 9.36 Å². The summed E-state index contributed by atoms with van der Waals surface area (Å²) in [7, 11) is 0. The van der Waals surface area contributed by atoms with Gasteiger partial charge in [0.1, 0.15) is 23.7 Å². The summed E-state index contributed by atoms with van der Waals surface area (Å²) in [6.07, 6.45) is 5.15. The van der Waals surface area contributed by atoms with Gasteiger partial charge in [-0.2, -0.15) is 4.98 Å². The molecule has 2 aromatic heterocycles. The largest absolute Gasteiger partial charge is 0.439 e. The molecular weight excluding hydrogens is 366 g/mol. The molecule has 0 bridgehead atoms. The third kappa shape index (κ3) is 4.47. The second-order valence-electron chi connectivity index (χ2n) is 6.53. The first-order valence-electron chi connectivity index (χ1n) is 9.07. The Bertz CT molecular complexity index is 1120. The Hall–Kier alpha value is -4.00. The van der Waals surface area contributed by atoms with Crippen LogP contribution in [0, 0.1) is 13.8 Å². The molecule has 2 heterocycles. The van der Waals surface area contributed by atoms with Gasteiger partial charge in [0.05, 0.1) is 0 Å². The SMILES string of the molecule is Cc1ccc(C(=O)Nc2ccc(Oc3cc(-n4ccnc4)nc(C)n3)cc2)cc1. The lowest BCUT2D eigenvalue weighted by molar-refractivity contribution is 0.102. The van der Waals surface area contributed by atoms with Gasteiger partial charge in [-0.25, -0.2) is 9.97 Å². The van der Waals surface area contributed by atoms with Crippen molar-refractivity contribution in [2.24, 2.45) is 0 Å². The normalized spacial score (nSPS) is 10.6. The molecule has 0 aliphatic carbocycles. The molecule has 0 aliphatic heterocycles. The number of ether oxygens (including phenoxy) is 1. The number of amides is 1. The highest BCUT2D eigenvalue weighted by Gasteiger charge is 2.08. The molecule has 0 radical (unpaired) electrons. The van der Waals surface area contributed by atoms with Crippen molar-refractivity contribution in [1.29, 1.82) is 0 Å². The number of aromatic nitrogens is 4. The van der Waals surface area contributed by atoms with E-state index in [0.29, 0.717) is 34.5 Å². The lowest BCUT2D eigenvalue weighted by atomic mass is 10.1. The van der Waals surface area contributed by atoms with E-state index in [1.54, 1.807) is 72.7 Å². The second-order valence-corrected chi connectivity index (χ2v) is 6.53. The van der Waals surface area contributed by atoms with Crippen LogP contribution in [-0.2, 0) is 0 Å². The van der Waals surface area contributed by atoms with Crippen LogP contribution in [0.3, 0.4) is 0 Å². The number of nitrogens with zero attached hydrogens (tertiary/aromatic N) is 4. The molecule has 4 rings (SSSR count). The van der Waals surface area contributed by atoms with Gasteiger partial charge in [0.2, 0.25) is 5.88 Å². The molecule has 4 aromatic rings. The molecule has 1 amide bonds. The predicted octanol–water partition coefficient (Wildman–Crippen LogP) is 4.32.